The number of methoxy groups -OCH3 is 1. The van der Waals surface area contributed by atoms with Crippen molar-refractivity contribution in [1.29, 1.82) is 0 Å². The summed E-state index contributed by atoms with van der Waals surface area (Å²) in [5.41, 5.74) is 2.91. The summed E-state index contributed by atoms with van der Waals surface area (Å²) in [5.74, 6) is 0.168. The van der Waals surface area contributed by atoms with Gasteiger partial charge in [0.25, 0.3) is 11.7 Å². The second-order valence-corrected chi connectivity index (χ2v) is 8.56. The number of carbonyl (C=O) groups is 2. The van der Waals surface area contributed by atoms with E-state index in [1.165, 1.54) is 4.90 Å². The number of amides is 1. The highest BCUT2D eigenvalue weighted by Gasteiger charge is 2.48. The lowest BCUT2D eigenvalue weighted by Gasteiger charge is -2.23. The number of ketones is 1. The lowest BCUT2D eigenvalue weighted by atomic mass is 9.95. The highest BCUT2D eigenvalue weighted by atomic mass is 16.5. The van der Waals surface area contributed by atoms with Crippen LogP contribution in [0.4, 0.5) is 5.69 Å². The number of Topliss-reactive ketones (excluding diaryl/α,β-unsaturated/α-hetero) is 1. The van der Waals surface area contributed by atoms with Gasteiger partial charge in [0.2, 0.25) is 0 Å². The van der Waals surface area contributed by atoms with Crippen LogP contribution in [0.3, 0.4) is 0 Å². The third-order valence-corrected chi connectivity index (χ3v) is 5.91. The Labute approximate surface area is 193 Å². The molecule has 1 aliphatic rings. The Morgan fingerprint density at radius 2 is 1.73 bits per heavy atom. The number of benzene rings is 2. The number of carbonyl (C=O) groups excluding carboxylic acids is 2. The number of aryl methyl sites for hydroxylation is 2. The van der Waals surface area contributed by atoms with Crippen molar-refractivity contribution in [2.75, 3.05) is 12.0 Å². The summed E-state index contributed by atoms with van der Waals surface area (Å²) in [5, 5.41) is 11.3. The smallest absolute Gasteiger partial charge is 0.300 e. The van der Waals surface area contributed by atoms with E-state index in [0.717, 1.165) is 11.1 Å². The molecule has 1 fully saturated rings. The van der Waals surface area contributed by atoms with Gasteiger partial charge in [0, 0.05) is 11.3 Å². The summed E-state index contributed by atoms with van der Waals surface area (Å²) in [6.45, 7) is 7.77. The van der Waals surface area contributed by atoms with E-state index in [1.54, 1.807) is 56.5 Å². The minimum absolute atomic E-state index is 0.00482. The first-order chi connectivity index (χ1) is 15.7. The van der Waals surface area contributed by atoms with Gasteiger partial charge < -0.3 is 14.3 Å². The first kappa shape index (κ1) is 22.4. The molecule has 33 heavy (non-hydrogen) atoms. The summed E-state index contributed by atoms with van der Waals surface area (Å²) in [7, 11) is 1.59. The Kier molecular flexibility index (Phi) is 5.85. The van der Waals surface area contributed by atoms with Gasteiger partial charge in [0.05, 0.1) is 12.7 Å². The molecule has 170 valence electrons. The van der Waals surface area contributed by atoms with E-state index in [2.05, 4.69) is 0 Å². The maximum atomic E-state index is 13.2. The molecule has 1 aliphatic heterocycles. The molecule has 6 heteroatoms. The molecule has 3 aromatic rings. The van der Waals surface area contributed by atoms with Gasteiger partial charge in [-0.25, -0.2) is 0 Å². The topological polar surface area (TPSA) is 80.0 Å². The Morgan fingerprint density at radius 3 is 2.30 bits per heavy atom. The lowest BCUT2D eigenvalue weighted by Crippen LogP contribution is -2.29. The maximum absolute atomic E-state index is 13.2. The Hall–Kier alpha value is -3.80. The number of hydrogen-bond acceptors (Lipinski definition) is 5. The standard InChI is InChI=1S/C27H27NO5/c1-15(2)20-14-18(9-13-21(20)32-5)25(29)23-24(22-12-8-17(4)33-22)28(27(31)26(23)30)19-10-6-16(3)7-11-19/h6-15,24,29H,1-5H3/b25-23-. The fraction of sp³-hybridized carbons (Fsp3) is 0.259. The van der Waals surface area contributed by atoms with Gasteiger partial charge >= 0.3 is 0 Å². The van der Waals surface area contributed by atoms with Crippen molar-refractivity contribution in [3.8, 4) is 5.75 Å². The molecule has 0 bridgehead atoms. The third kappa shape index (κ3) is 3.93. The zero-order valence-electron chi connectivity index (χ0n) is 19.4. The maximum Gasteiger partial charge on any atom is 0.300 e. The third-order valence-electron chi connectivity index (χ3n) is 5.91. The molecule has 0 aliphatic carbocycles. The van der Waals surface area contributed by atoms with Crippen LogP contribution in [-0.2, 0) is 9.59 Å². The number of hydrogen-bond donors (Lipinski definition) is 1. The molecule has 2 aromatic carbocycles. The minimum atomic E-state index is -0.883. The minimum Gasteiger partial charge on any atom is -0.507 e. The van der Waals surface area contributed by atoms with Crippen LogP contribution in [0.1, 0.15) is 54.0 Å². The highest BCUT2D eigenvalue weighted by Crippen LogP contribution is 2.43. The number of ether oxygens (including phenoxy) is 1. The second-order valence-electron chi connectivity index (χ2n) is 8.56. The van der Waals surface area contributed by atoms with E-state index in [-0.39, 0.29) is 17.3 Å². The molecule has 6 nitrogen and oxygen atoms in total. The van der Waals surface area contributed by atoms with Crippen LogP contribution >= 0.6 is 0 Å². The molecular weight excluding hydrogens is 418 g/mol. The van der Waals surface area contributed by atoms with E-state index in [9.17, 15) is 14.7 Å². The molecular formula is C27H27NO5. The molecule has 1 atom stereocenters. The number of nitrogens with zero attached hydrogens (tertiary/aromatic N) is 1. The van der Waals surface area contributed by atoms with Crippen LogP contribution < -0.4 is 9.64 Å². The highest BCUT2D eigenvalue weighted by molar-refractivity contribution is 6.51. The van der Waals surface area contributed by atoms with Gasteiger partial charge in [-0.3, -0.25) is 14.5 Å². The number of rotatable bonds is 5. The summed E-state index contributed by atoms with van der Waals surface area (Å²) in [6, 6.07) is 15.2. The van der Waals surface area contributed by atoms with E-state index in [1.807, 2.05) is 32.9 Å². The van der Waals surface area contributed by atoms with Crippen LogP contribution in [0.15, 0.2) is 64.6 Å². The molecule has 1 amide bonds. The van der Waals surface area contributed by atoms with Gasteiger partial charge in [-0.2, -0.15) is 0 Å². The van der Waals surface area contributed by atoms with Crippen molar-refractivity contribution in [2.24, 2.45) is 0 Å². The molecule has 0 radical (unpaired) electrons. The number of anilines is 1. The molecule has 1 unspecified atom stereocenters. The number of aliphatic hydroxyl groups excluding tert-OH is 1. The summed E-state index contributed by atoms with van der Waals surface area (Å²) in [4.78, 5) is 27.8. The zero-order valence-corrected chi connectivity index (χ0v) is 19.4. The van der Waals surface area contributed by atoms with Gasteiger partial charge in [-0.1, -0.05) is 31.5 Å². The fourth-order valence-corrected chi connectivity index (χ4v) is 4.16. The molecule has 4 rings (SSSR count). The first-order valence-corrected chi connectivity index (χ1v) is 10.8. The van der Waals surface area contributed by atoms with E-state index >= 15 is 0 Å². The SMILES string of the molecule is COc1ccc(/C(O)=C2/C(=O)C(=O)N(c3ccc(C)cc3)C2c2ccc(C)o2)cc1C(C)C. The van der Waals surface area contributed by atoms with Gasteiger partial charge in [-0.15, -0.1) is 0 Å². The quantitative estimate of drug-likeness (QED) is 0.312. The van der Waals surface area contributed by atoms with Crippen LogP contribution in [-0.4, -0.2) is 23.9 Å². The van der Waals surface area contributed by atoms with Gasteiger partial charge in [0.15, 0.2) is 0 Å². The summed E-state index contributed by atoms with van der Waals surface area (Å²) >= 11 is 0. The largest absolute Gasteiger partial charge is 0.507 e. The number of aliphatic hydroxyl groups is 1. The van der Waals surface area contributed by atoms with Gasteiger partial charge in [0.1, 0.15) is 29.1 Å². The van der Waals surface area contributed by atoms with E-state index in [0.29, 0.717) is 28.5 Å². The molecule has 0 spiro atoms. The van der Waals surface area contributed by atoms with Crippen molar-refractivity contribution < 1.29 is 23.8 Å². The first-order valence-electron chi connectivity index (χ1n) is 10.8. The average molecular weight is 446 g/mol. The molecule has 1 saturated heterocycles. The normalized spacial score (nSPS) is 17.8. The van der Waals surface area contributed by atoms with Crippen molar-refractivity contribution in [3.63, 3.8) is 0 Å². The van der Waals surface area contributed by atoms with Crippen LogP contribution in [0.2, 0.25) is 0 Å². The molecule has 1 aromatic heterocycles. The molecule has 0 saturated carbocycles. The predicted octanol–water partition coefficient (Wildman–Crippen LogP) is 5.65. The Bertz CT molecular complexity index is 1250. The lowest BCUT2D eigenvalue weighted by molar-refractivity contribution is -0.132. The molecule has 2 heterocycles. The second kappa shape index (κ2) is 8.62. The zero-order chi connectivity index (χ0) is 23.9. The van der Waals surface area contributed by atoms with Crippen LogP contribution in [0.25, 0.3) is 5.76 Å². The molecule has 1 N–H and O–H groups in total. The predicted molar refractivity (Wildman–Crippen MR) is 126 cm³/mol. The van der Waals surface area contributed by atoms with Crippen molar-refractivity contribution in [2.45, 2.75) is 39.7 Å². The van der Waals surface area contributed by atoms with Crippen molar-refractivity contribution in [1.82, 2.24) is 0 Å². The number of furan rings is 1. The average Bonchev–Trinajstić information content (AvgIpc) is 3.34. The van der Waals surface area contributed by atoms with Crippen molar-refractivity contribution >= 4 is 23.1 Å². The fourth-order valence-electron chi connectivity index (χ4n) is 4.16. The van der Waals surface area contributed by atoms with Crippen LogP contribution in [0, 0.1) is 13.8 Å². The Balaban J connectivity index is 1.93. The summed E-state index contributed by atoms with van der Waals surface area (Å²) in [6.07, 6.45) is 0. The van der Waals surface area contributed by atoms with Crippen molar-refractivity contribution in [3.05, 3.63) is 88.4 Å². The monoisotopic (exact) mass is 445 g/mol. The van der Waals surface area contributed by atoms with Crippen LogP contribution in [0.5, 0.6) is 5.75 Å². The van der Waals surface area contributed by atoms with Gasteiger partial charge in [-0.05, 0) is 67.8 Å². The van der Waals surface area contributed by atoms with E-state index in [4.69, 9.17) is 9.15 Å². The Morgan fingerprint density at radius 1 is 1.03 bits per heavy atom. The van der Waals surface area contributed by atoms with E-state index < -0.39 is 17.7 Å². The summed E-state index contributed by atoms with van der Waals surface area (Å²) < 4.78 is 11.3.